The van der Waals surface area contributed by atoms with E-state index >= 15 is 0 Å². The van der Waals surface area contributed by atoms with Gasteiger partial charge in [-0.2, -0.15) is 0 Å². The molecule has 3 N–H and O–H groups in total. The smallest absolute Gasteiger partial charge is 0.324 e. The fourth-order valence-corrected chi connectivity index (χ4v) is 2.18. The van der Waals surface area contributed by atoms with Crippen molar-refractivity contribution in [3.63, 3.8) is 0 Å². The van der Waals surface area contributed by atoms with E-state index in [2.05, 4.69) is 12.1 Å². The van der Waals surface area contributed by atoms with Crippen LogP contribution < -0.4 is 5.73 Å². The lowest BCUT2D eigenvalue weighted by Crippen LogP contribution is -1.97. The van der Waals surface area contributed by atoms with Crippen LogP contribution >= 0.6 is 0 Å². The molecule has 0 amide bonds. The summed E-state index contributed by atoms with van der Waals surface area (Å²) in [4.78, 5) is 27.8. The zero-order chi connectivity index (χ0) is 20.1. The Balaban J connectivity index is 0.000000206. The van der Waals surface area contributed by atoms with Crippen molar-refractivity contribution in [2.75, 3.05) is 5.73 Å². The maximum atomic E-state index is 10.4. The Bertz CT molecular complexity index is 1020. The monoisotopic (exact) mass is 372 g/mol. The number of nitro groups is 3. The number of nitrogen functional groups attached to an aromatic ring is 1. The zero-order valence-electron chi connectivity index (χ0n) is 13.5. The molecule has 0 radical (unpaired) electrons. The first kappa shape index (κ1) is 19.1. The number of rotatable bonds is 3. The van der Waals surface area contributed by atoms with E-state index in [1.165, 1.54) is 10.8 Å². The van der Waals surface area contributed by atoms with Crippen molar-refractivity contribution in [3.8, 4) is 5.75 Å². The molecule has 0 saturated heterocycles. The van der Waals surface area contributed by atoms with Gasteiger partial charge in [-0.3, -0.25) is 30.3 Å². The van der Waals surface area contributed by atoms with Crippen LogP contribution in [0.5, 0.6) is 5.75 Å². The minimum Gasteiger partial charge on any atom is -0.497 e. The van der Waals surface area contributed by atoms with Gasteiger partial charge in [-0.15, -0.1) is 0 Å². The molecule has 0 aliphatic heterocycles. The molecule has 0 bridgehead atoms. The summed E-state index contributed by atoms with van der Waals surface area (Å²) in [6.45, 7) is 0. The highest BCUT2D eigenvalue weighted by atomic mass is 16.6. The molecule has 27 heavy (non-hydrogen) atoms. The number of nitrogens with zero attached hydrogens (tertiary/aromatic N) is 3. The molecular weight excluding hydrogens is 360 g/mol. The maximum absolute atomic E-state index is 10.4. The molecule has 11 nitrogen and oxygen atoms in total. The molecule has 3 aromatic rings. The molecule has 3 rings (SSSR count). The fourth-order valence-electron chi connectivity index (χ4n) is 2.18. The van der Waals surface area contributed by atoms with Crippen molar-refractivity contribution in [1.29, 1.82) is 0 Å². The summed E-state index contributed by atoms with van der Waals surface area (Å²) in [5.74, 6) is -1.21. The van der Waals surface area contributed by atoms with Gasteiger partial charge in [-0.25, -0.2) is 0 Å². The highest BCUT2D eigenvalue weighted by Gasteiger charge is 2.30. The quantitative estimate of drug-likeness (QED) is 0.398. The van der Waals surface area contributed by atoms with Gasteiger partial charge in [0.2, 0.25) is 0 Å². The molecule has 138 valence electrons. The van der Waals surface area contributed by atoms with Gasteiger partial charge in [0.25, 0.3) is 11.4 Å². The molecule has 3 aromatic carbocycles. The van der Waals surface area contributed by atoms with Crippen LogP contribution in [-0.2, 0) is 0 Å². The third kappa shape index (κ3) is 4.42. The molecule has 0 unspecified atom stereocenters. The molecule has 0 atom stereocenters. The van der Waals surface area contributed by atoms with Gasteiger partial charge in [0.1, 0.15) is 0 Å². The van der Waals surface area contributed by atoms with Gasteiger partial charge >= 0.3 is 11.4 Å². The summed E-state index contributed by atoms with van der Waals surface area (Å²) in [5.41, 5.74) is 3.44. The number of aromatic hydroxyl groups is 1. The van der Waals surface area contributed by atoms with Crippen LogP contribution in [0.2, 0.25) is 0 Å². The van der Waals surface area contributed by atoms with Gasteiger partial charge in [-0.1, -0.05) is 30.3 Å². The van der Waals surface area contributed by atoms with Crippen LogP contribution in [0.3, 0.4) is 0 Å². The third-order valence-corrected chi connectivity index (χ3v) is 3.43. The summed E-state index contributed by atoms with van der Waals surface area (Å²) >= 11 is 0. The van der Waals surface area contributed by atoms with Crippen molar-refractivity contribution in [2.45, 2.75) is 0 Å². The SMILES string of the molecule is Nc1ccc2ccccc2c1.O=[N+]([O-])c1cc([N+](=O)[O-])c(O)c([N+](=O)[O-])c1. The second kappa shape index (κ2) is 7.74. The molecule has 0 heterocycles. The Labute approximate surface area is 150 Å². The number of nitrogens with two attached hydrogens (primary N) is 1. The zero-order valence-corrected chi connectivity index (χ0v) is 13.5. The Morgan fingerprint density at radius 1 is 0.741 bits per heavy atom. The van der Waals surface area contributed by atoms with Crippen LogP contribution in [0.15, 0.2) is 54.6 Å². The predicted octanol–water partition coefficient (Wildman–Crippen LogP) is 3.54. The molecule has 0 aliphatic rings. The van der Waals surface area contributed by atoms with Gasteiger partial charge < -0.3 is 10.8 Å². The van der Waals surface area contributed by atoms with Crippen molar-refractivity contribution >= 4 is 33.5 Å². The Morgan fingerprint density at radius 3 is 1.74 bits per heavy atom. The molecule has 0 saturated carbocycles. The number of hydrogen-bond donors (Lipinski definition) is 2. The Kier molecular flexibility index (Phi) is 5.46. The van der Waals surface area contributed by atoms with Crippen LogP contribution in [-0.4, -0.2) is 19.9 Å². The molecule has 0 aromatic heterocycles. The van der Waals surface area contributed by atoms with Crippen LogP contribution in [0.1, 0.15) is 0 Å². The van der Waals surface area contributed by atoms with E-state index in [1.807, 2.05) is 30.3 Å². The molecular formula is C16H12N4O7. The number of anilines is 1. The summed E-state index contributed by atoms with van der Waals surface area (Å²) in [6, 6.07) is 15.0. The van der Waals surface area contributed by atoms with E-state index in [-0.39, 0.29) is 0 Å². The fraction of sp³-hybridized carbons (Fsp3) is 0. The second-order valence-electron chi connectivity index (χ2n) is 5.21. The summed E-state index contributed by atoms with van der Waals surface area (Å²) in [7, 11) is 0. The van der Waals surface area contributed by atoms with Gasteiger partial charge in [0.05, 0.1) is 26.9 Å². The number of fused-ring (bicyclic) bond motifs is 1. The number of non-ortho nitro benzene ring substituents is 1. The lowest BCUT2D eigenvalue weighted by molar-refractivity contribution is -0.404. The third-order valence-electron chi connectivity index (χ3n) is 3.43. The number of nitro benzene ring substituents is 3. The maximum Gasteiger partial charge on any atom is 0.324 e. The number of hydrogen-bond acceptors (Lipinski definition) is 8. The lowest BCUT2D eigenvalue weighted by Gasteiger charge is -1.97. The second-order valence-corrected chi connectivity index (χ2v) is 5.21. The van der Waals surface area contributed by atoms with Crippen molar-refractivity contribution in [2.24, 2.45) is 0 Å². The van der Waals surface area contributed by atoms with Crippen LogP contribution in [0.25, 0.3) is 10.8 Å². The van der Waals surface area contributed by atoms with Crippen LogP contribution in [0.4, 0.5) is 22.7 Å². The van der Waals surface area contributed by atoms with E-state index in [1.54, 1.807) is 0 Å². The largest absolute Gasteiger partial charge is 0.497 e. The first-order chi connectivity index (χ1) is 12.7. The summed E-state index contributed by atoms with van der Waals surface area (Å²) in [5, 5.41) is 42.7. The van der Waals surface area contributed by atoms with Crippen molar-refractivity contribution in [1.82, 2.24) is 0 Å². The molecule has 0 fully saturated rings. The normalized spacial score (nSPS) is 9.93. The van der Waals surface area contributed by atoms with E-state index in [0.717, 1.165) is 5.69 Å². The number of benzene rings is 3. The van der Waals surface area contributed by atoms with Gasteiger partial charge in [-0.05, 0) is 22.9 Å². The van der Waals surface area contributed by atoms with Crippen LogP contribution in [0, 0.1) is 30.3 Å². The predicted molar refractivity (Wildman–Crippen MR) is 96.4 cm³/mol. The standard InChI is InChI=1S/C10H9N.C6H3N3O7/c11-10-6-5-8-3-1-2-4-9(8)7-10;10-6-4(8(13)14)1-3(7(11)12)2-5(6)9(15)16/h1-7H,11H2;1-2,10H. The van der Waals surface area contributed by atoms with E-state index in [9.17, 15) is 30.3 Å². The number of phenolic OH excluding ortho intramolecular Hbond substituents is 1. The first-order valence-corrected chi connectivity index (χ1v) is 7.25. The lowest BCUT2D eigenvalue weighted by atomic mass is 10.1. The Hall–Kier alpha value is -4.28. The summed E-state index contributed by atoms with van der Waals surface area (Å²) < 4.78 is 0. The highest BCUT2D eigenvalue weighted by molar-refractivity contribution is 5.85. The van der Waals surface area contributed by atoms with E-state index in [4.69, 9.17) is 10.8 Å². The molecule has 11 heteroatoms. The highest BCUT2D eigenvalue weighted by Crippen LogP contribution is 2.38. The minimum atomic E-state index is -1.21. The van der Waals surface area contributed by atoms with Gasteiger partial charge in [0.15, 0.2) is 0 Å². The molecule has 0 spiro atoms. The van der Waals surface area contributed by atoms with Crippen molar-refractivity contribution < 1.29 is 19.9 Å². The topological polar surface area (TPSA) is 176 Å². The minimum absolute atomic E-state index is 0.447. The van der Waals surface area contributed by atoms with Gasteiger partial charge in [0, 0.05) is 5.69 Å². The van der Waals surface area contributed by atoms with E-state index in [0.29, 0.717) is 12.1 Å². The van der Waals surface area contributed by atoms with Crippen molar-refractivity contribution in [3.05, 3.63) is 84.9 Å². The average molecular weight is 372 g/mol. The first-order valence-electron chi connectivity index (χ1n) is 7.25. The number of phenols is 1. The Morgan fingerprint density at radius 2 is 1.26 bits per heavy atom. The summed E-state index contributed by atoms with van der Waals surface area (Å²) in [6.07, 6.45) is 0. The molecule has 0 aliphatic carbocycles. The average Bonchev–Trinajstić information content (AvgIpc) is 2.61. The van der Waals surface area contributed by atoms with E-state index < -0.39 is 37.6 Å².